The summed E-state index contributed by atoms with van der Waals surface area (Å²) in [5, 5.41) is 6.59. The Hall–Kier alpha value is -1.79. The second-order valence-corrected chi connectivity index (χ2v) is 7.22. The monoisotopic (exact) mass is 378 g/mol. The summed E-state index contributed by atoms with van der Waals surface area (Å²) >= 11 is 0. The van der Waals surface area contributed by atoms with Crippen LogP contribution < -0.4 is 15.4 Å². The molecular weight excluding hydrogens is 340 g/mol. The van der Waals surface area contributed by atoms with Crippen molar-refractivity contribution in [1.29, 1.82) is 0 Å². The van der Waals surface area contributed by atoms with Gasteiger partial charge < -0.3 is 25.0 Å². The van der Waals surface area contributed by atoms with E-state index in [2.05, 4.69) is 53.4 Å². The van der Waals surface area contributed by atoms with Crippen LogP contribution in [-0.2, 0) is 11.3 Å². The normalized spacial score (nSPS) is 11.9. The van der Waals surface area contributed by atoms with Gasteiger partial charge in [-0.05, 0) is 51.1 Å². The zero-order valence-electron chi connectivity index (χ0n) is 17.8. The number of nitrogens with zero attached hydrogens (tertiary/aromatic N) is 2. The van der Waals surface area contributed by atoms with E-state index in [0.29, 0.717) is 25.7 Å². The van der Waals surface area contributed by atoms with Gasteiger partial charge in [0, 0.05) is 26.2 Å². The summed E-state index contributed by atoms with van der Waals surface area (Å²) in [5.41, 5.74) is 1.13. The summed E-state index contributed by atoms with van der Waals surface area (Å²) in [6.07, 6.45) is 1.10. The topological polar surface area (TPSA) is 58.1 Å². The van der Waals surface area contributed by atoms with Crippen LogP contribution in [0.4, 0.5) is 0 Å². The van der Waals surface area contributed by atoms with Crippen LogP contribution in [0.3, 0.4) is 0 Å². The van der Waals surface area contributed by atoms with Gasteiger partial charge in [-0.3, -0.25) is 0 Å². The molecule has 2 N–H and O–H groups in total. The van der Waals surface area contributed by atoms with Gasteiger partial charge in [0.05, 0.1) is 13.2 Å². The Morgan fingerprint density at radius 1 is 1.15 bits per heavy atom. The largest absolute Gasteiger partial charge is 0.492 e. The van der Waals surface area contributed by atoms with Crippen molar-refractivity contribution in [2.45, 2.75) is 33.7 Å². The molecule has 1 rings (SSSR count). The molecule has 0 aliphatic rings. The van der Waals surface area contributed by atoms with Gasteiger partial charge in [0.15, 0.2) is 5.96 Å². The van der Waals surface area contributed by atoms with E-state index >= 15 is 0 Å². The zero-order chi connectivity index (χ0) is 19.9. The third-order valence-electron chi connectivity index (χ3n) is 3.85. The van der Waals surface area contributed by atoms with Crippen LogP contribution in [0.1, 0.15) is 32.8 Å². The molecule has 1 aromatic carbocycles. The van der Waals surface area contributed by atoms with Crippen molar-refractivity contribution in [3.63, 3.8) is 0 Å². The van der Waals surface area contributed by atoms with E-state index in [1.807, 2.05) is 26.2 Å². The Balaban J connectivity index is 2.42. The summed E-state index contributed by atoms with van der Waals surface area (Å²) in [4.78, 5) is 6.76. The molecule has 0 fully saturated rings. The van der Waals surface area contributed by atoms with Gasteiger partial charge in [-0.2, -0.15) is 0 Å². The molecule has 6 heteroatoms. The number of benzene rings is 1. The van der Waals surface area contributed by atoms with Crippen LogP contribution in [0.25, 0.3) is 0 Å². The fourth-order valence-electron chi connectivity index (χ4n) is 2.25. The van der Waals surface area contributed by atoms with E-state index in [1.165, 1.54) is 0 Å². The number of hydrogen-bond acceptors (Lipinski definition) is 4. The van der Waals surface area contributed by atoms with Crippen molar-refractivity contribution >= 4 is 5.96 Å². The highest BCUT2D eigenvalue weighted by Gasteiger charge is 2.01. The molecule has 27 heavy (non-hydrogen) atoms. The van der Waals surface area contributed by atoms with Gasteiger partial charge in [0.2, 0.25) is 0 Å². The lowest BCUT2D eigenvalue weighted by molar-refractivity contribution is 0.128. The van der Waals surface area contributed by atoms with Crippen LogP contribution in [0.2, 0.25) is 0 Å². The number of nitrogens with one attached hydrogen (secondary N) is 2. The minimum atomic E-state index is 0.606. The minimum absolute atomic E-state index is 0.606. The Labute approximate surface area is 165 Å². The lowest BCUT2D eigenvalue weighted by Gasteiger charge is -2.13. The van der Waals surface area contributed by atoms with E-state index in [1.54, 1.807) is 0 Å². The lowest BCUT2D eigenvalue weighted by Crippen LogP contribution is -2.39. The first-order chi connectivity index (χ1) is 13.0. The first-order valence-corrected chi connectivity index (χ1v) is 9.97. The quantitative estimate of drug-likeness (QED) is 0.314. The molecule has 0 saturated heterocycles. The maximum absolute atomic E-state index is 5.79. The molecule has 1 aromatic rings. The van der Waals surface area contributed by atoms with E-state index in [9.17, 15) is 0 Å². The summed E-state index contributed by atoms with van der Waals surface area (Å²) in [6.45, 7) is 11.7. The molecule has 0 spiro atoms. The number of aliphatic imine (C=N–C) groups is 1. The van der Waals surface area contributed by atoms with Crippen LogP contribution in [0, 0.1) is 5.92 Å². The van der Waals surface area contributed by atoms with Gasteiger partial charge in [-0.1, -0.05) is 26.0 Å². The zero-order valence-corrected chi connectivity index (χ0v) is 17.8. The average Bonchev–Trinajstić information content (AvgIpc) is 2.62. The molecule has 0 atom stereocenters. The van der Waals surface area contributed by atoms with E-state index in [4.69, 9.17) is 9.47 Å². The third kappa shape index (κ3) is 12.3. The van der Waals surface area contributed by atoms with E-state index in [0.717, 1.165) is 49.9 Å². The first kappa shape index (κ1) is 23.2. The molecule has 6 nitrogen and oxygen atoms in total. The predicted octanol–water partition coefficient (Wildman–Crippen LogP) is 2.74. The summed E-state index contributed by atoms with van der Waals surface area (Å²) in [6, 6.07) is 8.12. The molecule has 0 aliphatic carbocycles. The highest BCUT2D eigenvalue weighted by atomic mass is 16.5. The molecular formula is C21H38N4O2. The maximum Gasteiger partial charge on any atom is 0.191 e. The smallest absolute Gasteiger partial charge is 0.191 e. The number of guanidine groups is 1. The van der Waals surface area contributed by atoms with Gasteiger partial charge in [0.25, 0.3) is 0 Å². The molecule has 0 aliphatic heterocycles. The maximum atomic E-state index is 5.79. The van der Waals surface area contributed by atoms with Crippen molar-refractivity contribution < 1.29 is 9.47 Å². The van der Waals surface area contributed by atoms with Crippen molar-refractivity contribution in [2.24, 2.45) is 10.9 Å². The van der Waals surface area contributed by atoms with Crippen LogP contribution in [0.15, 0.2) is 29.3 Å². The van der Waals surface area contributed by atoms with Crippen molar-refractivity contribution in [2.75, 3.05) is 53.6 Å². The molecule has 0 bridgehead atoms. The Morgan fingerprint density at radius 2 is 1.96 bits per heavy atom. The molecule has 0 radical (unpaired) electrons. The number of ether oxygens (including phenoxy) is 2. The van der Waals surface area contributed by atoms with Gasteiger partial charge in [-0.15, -0.1) is 0 Å². The molecule has 154 valence electrons. The van der Waals surface area contributed by atoms with Crippen LogP contribution >= 0.6 is 0 Å². The van der Waals surface area contributed by atoms with E-state index < -0.39 is 0 Å². The molecule has 0 heterocycles. The van der Waals surface area contributed by atoms with Crippen molar-refractivity contribution in [3.05, 3.63) is 29.8 Å². The number of rotatable bonds is 13. The molecule has 0 amide bonds. The molecule has 0 saturated carbocycles. The minimum Gasteiger partial charge on any atom is -0.492 e. The summed E-state index contributed by atoms with van der Waals surface area (Å²) < 4.78 is 11.4. The summed E-state index contributed by atoms with van der Waals surface area (Å²) in [7, 11) is 4.08. The second-order valence-electron chi connectivity index (χ2n) is 7.22. The SMILES string of the molecule is CCNC(=NCc1cccc(OCCN(C)C)c1)NCCOCCC(C)C. The van der Waals surface area contributed by atoms with Gasteiger partial charge in [0.1, 0.15) is 12.4 Å². The fourth-order valence-corrected chi connectivity index (χ4v) is 2.25. The standard InChI is InChI=1S/C21H38N4O2/c1-6-22-21(23-11-14-26-13-10-18(2)3)24-17-19-8-7-9-20(16-19)27-15-12-25(4)5/h7-9,16,18H,6,10-15,17H2,1-5H3,(H2,22,23,24). The van der Waals surface area contributed by atoms with Crippen molar-refractivity contribution in [1.82, 2.24) is 15.5 Å². The highest BCUT2D eigenvalue weighted by molar-refractivity contribution is 5.79. The lowest BCUT2D eigenvalue weighted by atomic mass is 10.1. The molecule has 0 aromatic heterocycles. The van der Waals surface area contributed by atoms with Crippen molar-refractivity contribution in [3.8, 4) is 5.75 Å². The summed E-state index contributed by atoms with van der Waals surface area (Å²) in [5.74, 6) is 2.38. The predicted molar refractivity (Wildman–Crippen MR) is 114 cm³/mol. The average molecular weight is 379 g/mol. The Morgan fingerprint density at radius 3 is 2.67 bits per heavy atom. The molecule has 0 unspecified atom stereocenters. The number of likely N-dealkylation sites (N-methyl/N-ethyl adjacent to an activating group) is 1. The third-order valence-corrected chi connectivity index (χ3v) is 3.85. The van der Waals surface area contributed by atoms with Crippen LogP contribution in [-0.4, -0.2) is 64.4 Å². The highest BCUT2D eigenvalue weighted by Crippen LogP contribution is 2.14. The number of hydrogen-bond donors (Lipinski definition) is 2. The van der Waals surface area contributed by atoms with E-state index in [-0.39, 0.29) is 0 Å². The van der Waals surface area contributed by atoms with Gasteiger partial charge >= 0.3 is 0 Å². The fraction of sp³-hybridized carbons (Fsp3) is 0.667. The first-order valence-electron chi connectivity index (χ1n) is 9.97. The second kappa shape index (κ2) is 14.3. The Bertz CT molecular complexity index is 533. The Kier molecular flexibility index (Phi) is 12.3. The van der Waals surface area contributed by atoms with Crippen LogP contribution in [0.5, 0.6) is 5.75 Å². The van der Waals surface area contributed by atoms with Gasteiger partial charge in [-0.25, -0.2) is 4.99 Å².